The number of thioether (sulfide) groups is 1. The Hall–Kier alpha value is -3.22. The van der Waals surface area contributed by atoms with Gasteiger partial charge in [0.05, 0.1) is 53.7 Å². The Morgan fingerprint density at radius 2 is 2.14 bits per heavy atom. The van der Waals surface area contributed by atoms with E-state index < -0.39 is 11.7 Å². The van der Waals surface area contributed by atoms with Gasteiger partial charge in [-0.3, -0.25) is 14.5 Å². The molecular formula is C23H20F3N5O3S. The number of carbonyl (C=O) groups is 1. The van der Waals surface area contributed by atoms with Gasteiger partial charge in [0.15, 0.2) is 5.17 Å². The molecule has 0 spiro atoms. The summed E-state index contributed by atoms with van der Waals surface area (Å²) in [6.45, 7) is 1.26. The highest BCUT2D eigenvalue weighted by atomic mass is 32.2. The maximum Gasteiger partial charge on any atom is 0.418 e. The molecule has 4 heterocycles. The molecule has 5 rings (SSSR count). The Balaban J connectivity index is 1.34. The molecular weight excluding hydrogens is 483 g/mol. The minimum atomic E-state index is -4.50. The zero-order valence-corrected chi connectivity index (χ0v) is 19.1. The van der Waals surface area contributed by atoms with Crippen molar-refractivity contribution in [3.8, 4) is 0 Å². The molecule has 2 aliphatic rings. The topological polar surface area (TPSA) is 92.8 Å². The summed E-state index contributed by atoms with van der Waals surface area (Å²) in [4.78, 5) is 22.9. The predicted molar refractivity (Wildman–Crippen MR) is 124 cm³/mol. The van der Waals surface area contributed by atoms with E-state index >= 15 is 0 Å². The summed E-state index contributed by atoms with van der Waals surface area (Å²) in [6, 6.07) is 7.61. The first kappa shape index (κ1) is 23.5. The maximum atomic E-state index is 13.3. The van der Waals surface area contributed by atoms with Crippen LogP contribution in [0.25, 0.3) is 17.0 Å². The summed E-state index contributed by atoms with van der Waals surface area (Å²) >= 11 is 1.26. The molecule has 2 aliphatic heterocycles. The molecule has 0 aliphatic carbocycles. The van der Waals surface area contributed by atoms with Crippen LogP contribution in [-0.4, -0.2) is 68.3 Å². The van der Waals surface area contributed by atoms with Gasteiger partial charge >= 0.3 is 6.18 Å². The highest BCUT2D eigenvalue weighted by Gasteiger charge is 2.34. The number of fused-ring (bicyclic) bond motifs is 1. The average molecular weight is 504 g/mol. The Bertz CT molecular complexity index is 1340. The van der Waals surface area contributed by atoms with Gasteiger partial charge in [-0.1, -0.05) is 6.07 Å². The van der Waals surface area contributed by atoms with E-state index in [9.17, 15) is 23.1 Å². The summed E-state index contributed by atoms with van der Waals surface area (Å²) in [7, 11) is 0. The van der Waals surface area contributed by atoms with Gasteiger partial charge in [0.25, 0.3) is 5.91 Å². The molecule has 1 saturated heterocycles. The van der Waals surface area contributed by atoms with Crippen LogP contribution >= 0.6 is 11.8 Å². The molecule has 1 atom stereocenters. The lowest BCUT2D eigenvalue weighted by atomic mass is 10.1. The Morgan fingerprint density at radius 3 is 2.94 bits per heavy atom. The fraction of sp³-hybridized carbons (Fsp3) is 0.304. The third kappa shape index (κ3) is 4.95. The number of aliphatic hydroxyl groups excluding tert-OH is 1. The van der Waals surface area contributed by atoms with E-state index in [1.807, 2.05) is 11.0 Å². The highest BCUT2D eigenvalue weighted by molar-refractivity contribution is 8.18. The van der Waals surface area contributed by atoms with Crippen LogP contribution in [-0.2, 0) is 22.3 Å². The van der Waals surface area contributed by atoms with E-state index in [2.05, 4.69) is 15.1 Å². The molecule has 0 unspecified atom stereocenters. The largest absolute Gasteiger partial charge is 0.418 e. The summed E-state index contributed by atoms with van der Waals surface area (Å²) in [5.41, 5.74) is 0.494. The monoisotopic (exact) mass is 503 g/mol. The van der Waals surface area contributed by atoms with Crippen molar-refractivity contribution in [2.24, 2.45) is 4.99 Å². The van der Waals surface area contributed by atoms with Crippen molar-refractivity contribution in [2.75, 3.05) is 26.3 Å². The number of hydrogen-bond acceptors (Lipinski definition) is 7. The van der Waals surface area contributed by atoms with E-state index in [1.165, 1.54) is 28.7 Å². The molecule has 1 fully saturated rings. The van der Waals surface area contributed by atoms with Crippen molar-refractivity contribution >= 4 is 39.8 Å². The van der Waals surface area contributed by atoms with Crippen LogP contribution in [0.15, 0.2) is 52.6 Å². The molecule has 0 saturated carbocycles. The van der Waals surface area contributed by atoms with Crippen molar-refractivity contribution in [3.05, 3.63) is 64.5 Å². The van der Waals surface area contributed by atoms with Gasteiger partial charge in [0.2, 0.25) is 0 Å². The van der Waals surface area contributed by atoms with E-state index in [1.54, 1.807) is 24.4 Å². The Morgan fingerprint density at radius 1 is 1.29 bits per heavy atom. The number of nitrogens with zero attached hydrogens (tertiary/aromatic N) is 5. The standard InChI is InChI=1S/C23H20F3N5O3S/c24-23(25,26)17-2-1-5-27-18(17)12-31-19-4-3-14(8-15(19)10-28-31)9-20-21(33)29-22(35-20)30-6-7-34-16(11-30)13-32/h1-5,8-10,16,32H,6-7,11-13H2/b20-9+/t16-/m0/s1. The van der Waals surface area contributed by atoms with E-state index in [-0.39, 0.29) is 30.9 Å². The summed E-state index contributed by atoms with van der Waals surface area (Å²) in [5, 5.41) is 14.9. The molecule has 0 radical (unpaired) electrons. The van der Waals surface area contributed by atoms with E-state index in [4.69, 9.17) is 4.74 Å². The van der Waals surface area contributed by atoms with E-state index in [0.29, 0.717) is 35.3 Å². The molecule has 1 amide bonds. The smallest absolute Gasteiger partial charge is 0.394 e. The Kier molecular flexibility index (Phi) is 6.34. The number of amides is 1. The lowest BCUT2D eigenvalue weighted by molar-refractivity contribution is -0.138. The van der Waals surface area contributed by atoms with Crippen LogP contribution in [0, 0.1) is 0 Å². The fourth-order valence-corrected chi connectivity index (χ4v) is 4.92. The number of rotatable bonds is 4. The SMILES string of the molecule is O=C1N=C(N2CCO[C@H](CO)C2)S/C1=C/c1ccc2c(cnn2Cc2ncccc2C(F)(F)F)c1. The number of hydrogen-bond donors (Lipinski definition) is 1. The zero-order chi connectivity index (χ0) is 24.6. The van der Waals surface area contributed by atoms with Crippen LogP contribution in [0.4, 0.5) is 13.2 Å². The molecule has 182 valence electrons. The number of carbonyl (C=O) groups excluding carboxylic acids is 1. The molecule has 3 aromatic rings. The molecule has 2 aromatic heterocycles. The fourth-order valence-electron chi connectivity index (χ4n) is 3.97. The second kappa shape index (κ2) is 9.44. The van der Waals surface area contributed by atoms with Crippen LogP contribution in [0.1, 0.15) is 16.8 Å². The number of aliphatic imine (C=N–C) groups is 1. The molecule has 1 N–H and O–H groups in total. The molecule has 1 aromatic carbocycles. The van der Waals surface area contributed by atoms with Crippen LogP contribution in [0.5, 0.6) is 0 Å². The van der Waals surface area contributed by atoms with Gasteiger partial charge in [0, 0.05) is 24.7 Å². The number of pyridine rings is 1. The van der Waals surface area contributed by atoms with Crippen molar-refractivity contribution in [2.45, 2.75) is 18.8 Å². The summed E-state index contributed by atoms with van der Waals surface area (Å²) in [6.07, 6.45) is -0.188. The van der Waals surface area contributed by atoms with Gasteiger partial charge in [0.1, 0.15) is 0 Å². The molecule has 0 bridgehead atoms. The normalized spacial score (nSPS) is 20.2. The van der Waals surface area contributed by atoms with Gasteiger partial charge < -0.3 is 14.7 Å². The third-order valence-electron chi connectivity index (χ3n) is 5.68. The highest BCUT2D eigenvalue weighted by Crippen LogP contribution is 2.33. The van der Waals surface area contributed by atoms with Crippen molar-refractivity contribution in [1.29, 1.82) is 0 Å². The molecule has 8 nitrogen and oxygen atoms in total. The number of morpholine rings is 1. The van der Waals surface area contributed by atoms with Crippen LogP contribution < -0.4 is 0 Å². The second-order valence-electron chi connectivity index (χ2n) is 8.05. The molecule has 35 heavy (non-hydrogen) atoms. The minimum absolute atomic E-state index is 0.101. The number of ether oxygens (including phenoxy) is 1. The van der Waals surface area contributed by atoms with Gasteiger partial charge in [-0.2, -0.15) is 23.3 Å². The number of amidine groups is 1. The zero-order valence-electron chi connectivity index (χ0n) is 18.3. The minimum Gasteiger partial charge on any atom is -0.394 e. The number of halogens is 3. The van der Waals surface area contributed by atoms with Crippen molar-refractivity contribution in [3.63, 3.8) is 0 Å². The first-order valence-electron chi connectivity index (χ1n) is 10.8. The number of benzene rings is 1. The number of alkyl halides is 3. The van der Waals surface area contributed by atoms with Crippen molar-refractivity contribution < 1.29 is 27.8 Å². The lowest BCUT2D eigenvalue weighted by Crippen LogP contribution is -2.45. The van der Waals surface area contributed by atoms with E-state index in [0.717, 1.165) is 17.0 Å². The van der Waals surface area contributed by atoms with Gasteiger partial charge in [-0.05, 0) is 47.7 Å². The second-order valence-corrected chi connectivity index (χ2v) is 9.06. The summed E-state index contributed by atoms with van der Waals surface area (Å²) < 4.78 is 46.9. The lowest BCUT2D eigenvalue weighted by Gasteiger charge is -2.32. The van der Waals surface area contributed by atoms with Crippen LogP contribution in [0.2, 0.25) is 0 Å². The quantitative estimate of drug-likeness (QED) is 0.547. The first-order valence-corrected chi connectivity index (χ1v) is 11.6. The average Bonchev–Trinajstić information content (AvgIpc) is 3.41. The Labute approximate surface area is 202 Å². The van der Waals surface area contributed by atoms with Crippen LogP contribution in [0.3, 0.4) is 0 Å². The maximum absolute atomic E-state index is 13.3. The predicted octanol–water partition coefficient (Wildman–Crippen LogP) is 3.16. The first-order chi connectivity index (χ1) is 16.8. The molecule has 12 heteroatoms. The van der Waals surface area contributed by atoms with Gasteiger partial charge in [-0.15, -0.1) is 0 Å². The number of aromatic nitrogens is 3. The summed E-state index contributed by atoms with van der Waals surface area (Å²) in [5.74, 6) is -0.345. The van der Waals surface area contributed by atoms with Gasteiger partial charge in [-0.25, -0.2) is 0 Å². The van der Waals surface area contributed by atoms with Crippen molar-refractivity contribution in [1.82, 2.24) is 19.7 Å². The third-order valence-corrected chi connectivity index (χ3v) is 6.73. The number of aliphatic hydroxyl groups is 1.